The molecule has 6 heteroatoms. The summed E-state index contributed by atoms with van der Waals surface area (Å²) in [5.74, 6) is -0.486. The van der Waals surface area contributed by atoms with Crippen molar-refractivity contribution in [2.45, 2.75) is 25.5 Å². The highest BCUT2D eigenvalue weighted by molar-refractivity contribution is 6.05. The lowest BCUT2D eigenvalue weighted by molar-refractivity contribution is -0.115. The lowest BCUT2D eigenvalue weighted by Crippen LogP contribution is -2.35. The number of fused-ring (bicyclic) bond motifs is 3. The van der Waals surface area contributed by atoms with Gasteiger partial charge in [-0.3, -0.25) is 4.79 Å². The number of aromatic nitrogens is 2. The maximum Gasteiger partial charge on any atom is 0.169 e. The molecule has 2 heterocycles. The van der Waals surface area contributed by atoms with Crippen LogP contribution in [0.15, 0.2) is 65.9 Å². The summed E-state index contributed by atoms with van der Waals surface area (Å²) in [6.45, 7) is 2.47. The predicted molar refractivity (Wildman–Crippen MR) is 96.2 cm³/mol. The summed E-state index contributed by atoms with van der Waals surface area (Å²) in [5, 5.41) is 20.3. The van der Waals surface area contributed by atoms with Gasteiger partial charge in [-0.1, -0.05) is 18.2 Å². The molecule has 4 rings (SSSR count). The summed E-state index contributed by atoms with van der Waals surface area (Å²) in [6, 6.07) is 9.90. The van der Waals surface area contributed by atoms with Crippen LogP contribution in [0.5, 0.6) is 0 Å². The number of para-hydroxylation sites is 1. The van der Waals surface area contributed by atoms with Gasteiger partial charge in [-0.15, -0.1) is 0 Å². The number of aliphatic hydroxyl groups is 1. The second-order valence-electron chi connectivity index (χ2n) is 6.62. The van der Waals surface area contributed by atoms with Crippen molar-refractivity contribution in [3.63, 3.8) is 0 Å². The fourth-order valence-electron chi connectivity index (χ4n) is 3.80. The van der Waals surface area contributed by atoms with E-state index in [0.29, 0.717) is 29.9 Å². The van der Waals surface area contributed by atoms with Gasteiger partial charge in [0.05, 0.1) is 42.7 Å². The summed E-state index contributed by atoms with van der Waals surface area (Å²) in [7, 11) is 0. The molecule has 0 radical (unpaired) electrons. The number of imidazole rings is 1. The summed E-state index contributed by atoms with van der Waals surface area (Å²) < 4.78 is 1.81. The Morgan fingerprint density at radius 1 is 1.35 bits per heavy atom. The van der Waals surface area contributed by atoms with Crippen molar-refractivity contribution in [1.29, 1.82) is 5.26 Å². The number of anilines is 1. The average Bonchev–Trinajstić information content (AvgIpc) is 3.22. The third-order valence-corrected chi connectivity index (χ3v) is 4.88. The van der Waals surface area contributed by atoms with E-state index in [-0.39, 0.29) is 5.78 Å². The topological polar surface area (TPSA) is 82.1 Å². The fraction of sp³-hybridized carbons (Fsp3) is 0.250. The van der Waals surface area contributed by atoms with Gasteiger partial charge in [0, 0.05) is 18.1 Å². The highest BCUT2D eigenvalue weighted by atomic mass is 16.3. The van der Waals surface area contributed by atoms with E-state index in [1.807, 2.05) is 29.2 Å². The number of carbonyl (C=O) groups excluding carboxylic acids is 1. The zero-order valence-corrected chi connectivity index (χ0v) is 14.3. The highest BCUT2D eigenvalue weighted by Gasteiger charge is 2.42. The van der Waals surface area contributed by atoms with E-state index in [9.17, 15) is 15.2 Å². The first kappa shape index (κ1) is 16.3. The van der Waals surface area contributed by atoms with E-state index in [2.05, 4.69) is 11.1 Å². The molecule has 0 saturated carbocycles. The summed E-state index contributed by atoms with van der Waals surface area (Å²) >= 11 is 0. The number of nitrogens with zero attached hydrogens (tertiary/aromatic N) is 4. The first-order valence-corrected chi connectivity index (χ1v) is 8.47. The Balaban J connectivity index is 1.75. The summed E-state index contributed by atoms with van der Waals surface area (Å²) in [5.41, 5.74) is 3.63. The molecule has 0 fully saturated rings. The smallest absolute Gasteiger partial charge is 0.169 e. The van der Waals surface area contributed by atoms with Crippen LogP contribution in [0, 0.1) is 11.3 Å². The second-order valence-corrected chi connectivity index (χ2v) is 6.62. The third kappa shape index (κ3) is 2.54. The number of allylic oxidation sites excluding steroid dienone is 4. The van der Waals surface area contributed by atoms with Crippen molar-refractivity contribution in [3.05, 3.63) is 71.5 Å². The Labute approximate surface area is 151 Å². The number of nitriles is 1. The molecule has 2 unspecified atom stereocenters. The molecule has 0 amide bonds. The molecule has 2 atom stereocenters. The minimum Gasteiger partial charge on any atom is -0.389 e. The van der Waals surface area contributed by atoms with Gasteiger partial charge in [0.1, 0.15) is 6.07 Å². The Bertz CT molecular complexity index is 966. The molecule has 6 nitrogen and oxygen atoms in total. The number of hydrogen-bond acceptors (Lipinski definition) is 5. The van der Waals surface area contributed by atoms with Gasteiger partial charge in [0.25, 0.3) is 0 Å². The second kappa shape index (κ2) is 6.28. The molecule has 2 aliphatic rings. The van der Waals surface area contributed by atoms with E-state index in [0.717, 1.165) is 11.3 Å². The Morgan fingerprint density at radius 3 is 2.88 bits per heavy atom. The van der Waals surface area contributed by atoms with Gasteiger partial charge in [0.2, 0.25) is 0 Å². The van der Waals surface area contributed by atoms with Crippen LogP contribution in [0.4, 0.5) is 5.69 Å². The third-order valence-electron chi connectivity index (χ3n) is 4.88. The molecular formula is C20H18N4O2. The molecule has 1 aliphatic carbocycles. The minimum atomic E-state index is -0.676. The number of carbonyl (C=O) groups is 1. The van der Waals surface area contributed by atoms with Crippen LogP contribution < -0.4 is 4.90 Å². The monoisotopic (exact) mass is 346 g/mol. The van der Waals surface area contributed by atoms with E-state index >= 15 is 0 Å². The predicted octanol–water partition coefficient (Wildman–Crippen LogP) is 2.15. The number of benzene rings is 1. The van der Waals surface area contributed by atoms with E-state index in [1.165, 1.54) is 0 Å². The number of hydrogen-bond donors (Lipinski definition) is 1. The van der Waals surface area contributed by atoms with Crippen molar-refractivity contribution in [2.75, 3.05) is 11.4 Å². The number of rotatable bonds is 4. The number of aliphatic hydroxyl groups excluding tert-OH is 1. The van der Waals surface area contributed by atoms with E-state index in [4.69, 9.17) is 0 Å². The Kier molecular flexibility index (Phi) is 3.94. The molecule has 26 heavy (non-hydrogen) atoms. The molecule has 0 spiro atoms. The molecule has 2 aromatic rings. The first-order valence-electron chi connectivity index (χ1n) is 8.47. The van der Waals surface area contributed by atoms with Crippen LogP contribution in [0.2, 0.25) is 0 Å². The van der Waals surface area contributed by atoms with Crippen LogP contribution in [-0.4, -0.2) is 33.1 Å². The van der Waals surface area contributed by atoms with Crippen LogP contribution in [0.1, 0.15) is 18.4 Å². The Morgan fingerprint density at radius 2 is 2.15 bits per heavy atom. The van der Waals surface area contributed by atoms with Gasteiger partial charge in [-0.25, -0.2) is 4.98 Å². The molecule has 1 aromatic carbocycles. The molecular weight excluding hydrogens is 328 g/mol. The van der Waals surface area contributed by atoms with Gasteiger partial charge < -0.3 is 14.6 Å². The zero-order valence-electron chi connectivity index (χ0n) is 14.3. The number of ketones is 1. The fourth-order valence-corrected chi connectivity index (χ4v) is 3.80. The molecule has 0 saturated heterocycles. The van der Waals surface area contributed by atoms with Crippen LogP contribution in [-0.2, 0) is 11.3 Å². The molecule has 1 aliphatic heterocycles. The van der Waals surface area contributed by atoms with Gasteiger partial charge in [0.15, 0.2) is 5.78 Å². The quantitative estimate of drug-likeness (QED) is 0.917. The van der Waals surface area contributed by atoms with Crippen molar-refractivity contribution in [3.8, 4) is 6.07 Å². The van der Waals surface area contributed by atoms with Crippen molar-refractivity contribution in [1.82, 2.24) is 9.55 Å². The van der Waals surface area contributed by atoms with E-state index < -0.39 is 12.0 Å². The van der Waals surface area contributed by atoms with Gasteiger partial charge in [-0.05, 0) is 30.2 Å². The largest absolute Gasteiger partial charge is 0.389 e. The lowest BCUT2D eigenvalue weighted by atomic mass is 9.85. The van der Waals surface area contributed by atoms with Crippen molar-refractivity contribution >= 4 is 11.5 Å². The maximum atomic E-state index is 12.7. The van der Waals surface area contributed by atoms with Crippen LogP contribution in [0.25, 0.3) is 0 Å². The SMILES string of the molecule is CC1=CC(=O)C2C(=C1C#N)N(CC(O)Cn1ccnc1)c1ccccc12. The minimum absolute atomic E-state index is 0.0180. The standard InChI is InChI=1S/C20H18N4O2/c1-13-8-18(26)19-15-4-2-3-5-17(15)24(20(19)16(13)9-21)11-14(25)10-23-7-6-22-12-23/h2-8,12,14,19,25H,10-11H2,1H3. The first-order chi connectivity index (χ1) is 12.6. The lowest BCUT2D eigenvalue weighted by Gasteiger charge is -2.28. The molecule has 130 valence electrons. The van der Waals surface area contributed by atoms with Crippen LogP contribution in [0.3, 0.4) is 0 Å². The summed E-state index contributed by atoms with van der Waals surface area (Å²) in [4.78, 5) is 18.6. The Hall–Kier alpha value is -3.17. The maximum absolute atomic E-state index is 12.7. The normalized spacial score (nSPS) is 19.7. The highest BCUT2D eigenvalue weighted by Crippen LogP contribution is 2.48. The van der Waals surface area contributed by atoms with E-state index in [1.54, 1.807) is 36.3 Å². The van der Waals surface area contributed by atoms with Crippen molar-refractivity contribution < 1.29 is 9.90 Å². The molecule has 1 aromatic heterocycles. The average molecular weight is 346 g/mol. The van der Waals surface area contributed by atoms with Crippen LogP contribution >= 0.6 is 0 Å². The molecule has 1 N–H and O–H groups in total. The zero-order chi connectivity index (χ0) is 18.3. The summed E-state index contributed by atoms with van der Waals surface area (Å²) in [6.07, 6.45) is 5.99. The van der Waals surface area contributed by atoms with Gasteiger partial charge >= 0.3 is 0 Å². The van der Waals surface area contributed by atoms with Crippen molar-refractivity contribution in [2.24, 2.45) is 0 Å². The molecule has 0 bridgehead atoms. The number of β-amino-alcohol motifs (C(OH)–C–C–N with tert-alkyl or cyclic N) is 1. The van der Waals surface area contributed by atoms with Gasteiger partial charge in [-0.2, -0.15) is 5.26 Å².